The Morgan fingerprint density at radius 2 is 1.09 bits per heavy atom. The second-order valence-corrected chi connectivity index (χ2v) is 3.42. The first-order chi connectivity index (χ1) is 4.71. The zero-order chi connectivity index (χ0) is 9.71. The van der Waals surface area contributed by atoms with Gasteiger partial charge in [-0.25, -0.2) is 0 Å². The monoisotopic (exact) mass is 241 g/mol. The fourth-order valence-electron chi connectivity index (χ4n) is 0.122. The molecule has 0 bridgehead atoms. The minimum absolute atomic E-state index is 1.06. The number of phosphoric acid groups is 2. The Hall–Kier alpha value is 0.644. The van der Waals surface area contributed by atoms with Crippen molar-refractivity contribution < 1.29 is 54.1 Å². The minimum atomic E-state index is -5.68. The molecule has 8 nitrogen and oxygen atoms in total. The molecule has 63 valence electrons. The fourth-order valence-corrected chi connectivity index (χ4v) is 1.10. The predicted octanol–water partition coefficient (Wildman–Crippen LogP) is -3.46. The maximum absolute atomic E-state index is 9.32. The Balaban J connectivity index is 0. The molecule has 0 rings (SSSR count). The summed E-state index contributed by atoms with van der Waals surface area (Å²) in [7, 11) is -11.4. The van der Waals surface area contributed by atoms with Crippen LogP contribution in [0.2, 0.25) is 0 Å². The third-order valence-corrected chi connectivity index (χ3v) is 1.80. The van der Waals surface area contributed by atoms with Crippen LogP contribution in [-0.2, 0) is 34.5 Å². The molecular weight excluding hydrogens is 241 g/mol. The summed E-state index contributed by atoms with van der Waals surface area (Å²) in [5.41, 5.74) is 0. The van der Waals surface area contributed by atoms with Crippen molar-refractivity contribution >= 4 is 15.6 Å². The first-order valence-corrected chi connectivity index (χ1v) is 5.13. The molecule has 0 aliphatic rings. The normalized spacial score (nSPS) is 11.8. The van der Waals surface area contributed by atoms with Gasteiger partial charge in [0.05, 0.1) is 15.6 Å². The van der Waals surface area contributed by atoms with Gasteiger partial charge in [0.15, 0.2) is 0 Å². The Morgan fingerprint density at radius 3 is 1.09 bits per heavy atom. The molecule has 0 heterocycles. The number of hydrogen-bond donors (Lipinski definition) is 0. The van der Waals surface area contributed by atoms with E-state index in [4.69, 9.17) is 3.67 Å². The Bertz CT molecular complexity index is 164. The van der Waals surface area contributed by atoms with Gasteiger partial charge in [0, 0.05) is 0 Å². The summed E-state index contributed by atoms with van der Waals surface area (Å²) in [6, 6.07) is 0. The molecule has 0 N–H and O–H groups in total. The maximum atomic E-state index is 9.32. The van der Waals surface area contributed by atoms with Crippen LogP contribution in [0.4, 0.5) is 0 Å². The van der Waals surface area contributed by atoms with Crippen molar-refractivity contribution in [2.24, 2.45) is 0 Å². The van der Waals surface area contributed by atoms with Crippen LogP contribution in [0, 0.1) is 0 Å². The molecular formula is O8P2V. The molecule has 0 aliphatic heterocycles. The van der Waals surface area contributed by atoms with Gasteiger partial charge in [-0.15, -0.1) is 0 Å². The molecule has 0 atom stereocenters. The summed E-state index contributed by atoms with van der Waals surface area (Å²) in [6.45, 7) is 0. The van der Waals surface area contributed by atoms with E-state index >= 15 is 0 Å². The summed E-state index contributed by atoms with van der Waals surface area (Å²) >= 11 is 1.06. The fraction of sp³-hybridized carbons (Fsp3) is 0. The summed E-state index contributed by atoms with van der Waals surface area (Å²) in [5, 5.41) is 0. The molecule has 0 aromatic heterocycles. The second-order valence-electron chi connectivity index (χ2n) is 0.976. The van der Waals surface area contributed by atoms with Crippen LogP contribution < -0.4 is 19.6 Å². The summed E-state index contributed by atoms with van der Waals surface area (Å²) in [6.07, 6.45) is 0. The van der Waals surface area contributed by atoms with Crippen LogP contribution in [0.25, 0.3) is 0 Å². The zero-order valence-corrected chi connectivity index (χ0v) is 7.79. The SMILES string of the molecule is O=P([O-])([O-])OP(=O)([O-])[O-].[O]=[V+4]. The van der Waals surface area contributed by atoms with Crippen molar-refractivity contribution in [3.05, 3.63) is 0 Å². The Labute approximate surface area is 70.3 Å². The molecule has 11 heteroatoms. The van der Waals surface area contributed by atoms with E-state index in [1.54, 1.807) is 0 Å². The van der Waals surface area contributed by atoms with Crippen molar-refractivity contribution in [2.45, 2.75) is 0 Å². The molecule has 0 radical (unpaired) electrons. The molecule has 0 amide bonds. The van der Waals surface area contributed by atoms with Crippen LogP contribution in [-0.4, -0.2) is 0 Å². The topological polar surface area (TPSA) is 153 Å². The first kappa shape index (κ1) is 14.2. The molecule has 0 aromatic rings. The number of rotatable bonds is 2. The van der Waals surface area contributed by atoms with E-state index < -0.39 is 15.6 Å². The van der Waals surface area contributed by atoms with Crippen LogP contribution in [0.5, 0.6) is 0 Å². The Kier molecular flexibility index (Phi) is 6.86. The van der Waals surface area contributed by atoms with E-state index in [9.17, 15) is 28.7 Å². The van der Waals surface area contributed by atoms with Crippen LogP contribution >= 0.6 is 15.6 Å². The zero-order valence-electron chi connectivity index (χ0n) is 4.61. The molecule has 11 heavy (non-hydrogen) atoms. The summed E-state index contributed by atoms with van der Waals surface area (Å²) in [5.74, 6) is 0. The third kappa shape index (κ3) is 18.0. The molecule has 0 fully saturated rings. The van der Waals surface area contributed by atoms with Gasteiger partial charge < -0.3 is 33.0 Å². The molecule has 0 saturated carbocycles. The van der Waals surface area contributed by atoms with Gasteiger partial charge >= 0.3 is 21.0 Å². The van der Waals surface area contributed by atoms with Crippen molar-refractivity contribution in [1.29, 1.82) is 0 Å². The standard InChI is InChI=1S/H4O7P2.O.V/c1-8(2,3)7-9(4,5)6;;/h(H2,1,2,3)(H2,4,5,6);;/q;;+4/p-4. The summed E-state index contributed by atoms with van der Waals surface area (Å²) < 4.78 is 29.4. The predicted molar refractivity (Wildman–Crippen MR) is 17.0 cm³/mol. The molecule has 0 saturated heterocycles. The van der Waals surface area contributed by atoms with Gasteiger partial charge in [-0.3, -0.25) is 0 Å². The van der Waals surface area contributed by atoms with E-state index in [1.165, 1.54) is 0 Å². The van der Waals surface area contributed by atoms with Crippen LogP contribution in [0.1, 0.15) is 0 Å². The van der Waals surface area contributed by atoms with Crippen molar-refractivity contribution in [3.63, 3.8) is 0 Å². The Morgan fingerprint density at radius 1 is 0.909 bits per heavy atom. The van der Waals surface area contributed by atoms with Crippen molar-refractivity contribution in [3.8, 4) is 0 Å². The van der Waals surface area contributed by atoms with Gasteiger partial charge in [-0.1, -0.05) is 0 Å². The quantitative estimate of drug-likeness (QED) is 0.452. The molecule has 0 aliphatic carbocycles. The van der Waals surface area contributed by atoms with Crippen molar-refractivity contribution in [2.75, 3.05) is 0 Å². The molecule has 0 aromatic carbocycles. The second kappa shape index (κ2) is 5.32. The molecule has 0 spiro atoms. The van der Waals surface area contributed by atoms with Gasteiger partial charge in [-0.2, -0.15) is 0 Å². The van der Waals surface area contributed by atoms with E-state index in [0.29, 0.717) is 0 Å². The number of hydrogen-bond acceptors (Lipinski definition) is 8. The van der Waals surface area contributed by atoms with Gasteiger partial charge in [-0.05, 0) is 0 Å². The van der Waals surface area contributed by atoms with Crippen LogP contribution in [0.3, 0.4) is 0 Å². The third-order valence-electron chi connectivity index (χ3n) is 0.200. The van der Waals surface area contributed by atoms with E-state index in [-0.39, 0.29) is 0 Å². The van der Waals surface area contributed by atoms with Crippen LogP contribution in [0.15, 0.2) is 0 Å². The van der Waals surface area contributed by atoms with E-state index in [2.05, 4.69) is 4.31 Å². The average Bonchev–Trinajstić information content (AvgIpc) is 1.60. The van der Waals surface area contributed by atoms with E-state index in [0.717, 1.165) is 17.4 Å². The summed E-state index contributed by atoms with van der Waals surface area (Å²) in [4.78, 5) is 37.3. The average molecular weight is 241 g/mol. The van der Waals surface area contributed by atoms with Gasteiger partial charge in [0.25, 0.3) is 0 Å². The van der Waals surface area contributed by atoms with Gasteiger partial charge in [0.1, 0.15) is 0 Å². The van der Waals surface area contributed by atoms with E-state index in [1.807, 2.05) is 0 Å². The first-order valence-electron chi connectivity index (χ1n) is 1.64. The van der Waals surface area contributed by atoms with Gasteiger partial charge in [0.2, 0.25) is 0 Å². The van der Waals surface area contributed by atoms with Crippen molar-refractivity contribution in [1.82, 2.24) is 0 Å². The molecule has 0 unspecified atom stereocenters.